The van der Waals surface area contributed by atoms with E-state index >= 15 is 0 Å². The van der Waals surface area contributed by atoms with Gasteiger partial charge in [-0.05, 0) is 30.7 Å². The quantitative estimate of drug-likeness (QED) is 0.629. The smallest absolute Gasteiger partial charge is 0.311 e. The van der Waals surface area contributed by atoms with E-state index in [0.29, 0.717) is 30.7 Å². The molecule has 1 fully saturated rings. The lowest BCUT2D eigenvalue weighted by atomic mass is 10.1. The van der Waals surface area contributed by atoms with Crippen molar-refractivity contribution >= 4 is 29.1 Å². The van der Waals surface area contributed by atoms with E-state index < -0.39 is 11.4 Å². The summed E-state index contributed by atoms with van der Waals surface area (Å²) in [5.74, 6) is -1.15. The number of carbonyl (C=O) groups excluding carboxylic acids is 2. The van der Waals surface area contributed by atoms with Crippen molar-refractivity contribution in [2.45, 2.75) is 25.7 Å². The third-order valence-electron chi connectivity index (χ3n) is 3.54. The summed E-state index contributed by atoms with van der Waals surface area (Å²) in [7, 11) is 0. The number of amides is 2. The molecule has 2 rings (SSSR count). The Hall–Kier alpha value is -1.89. The highest BCUT2D eigenvalue weighted by Crippen LogP contribution is 2.45. The molecule has 0 spiro atoms. The average molecular weight is 310 g/mol. The minimum atomic E-state index is -0.842. The maximum Gasteiger partial charge on any atom is 0.311 e. The van der Waals surface area contributed by atoms with E-state index in [1.807, 2.05) is 11.4 Å². The fourth-order valence-electron chi connectivity index (χ4n) is 1.92. The van der Waals surface area contributed by atoms with E-state index in [2.05, 4.69) is 10.6 Å². The first-order valence-electron chi connectivity index (χ1n) is 6.85. The number of rotatable bonds is 8. The van der Waals surface area contributed by atoms with E-state index in [1.165, 1.54) is 11.3 Å². The normalized spacial score (nSPS) is 15.2. The van der Waals surface area contributed by atoms with Gasteiger partial charge >= 0.3 is 5.97 Å². The van der Waals surface area contributed by atoms with Gasteiger partial charge in [0, 0.05) is 19.5 Å². The third kappa shape index (κ3) is 4.29. The molecular weight excluding hydrogens is 292 g/mol. The molecule has 1 aromatic rings. The molecule has 0 aromatic carbocycles. The van der Waals surface area contributed by atoms with Crippen molar-refractivity contribution < 1.29 is 19.5 Å². The summed E-state index contributed by atoms with van der Waals surface area (Å²) >= 11 is 1.37. The van der Waals surface area contributed by atoms with Crippen LogP contribution in [-0.2, 0) is 9.59 Å². The number of hydrogen-bond acceptors (Lipinski definition) is 4. The summed E-state index contributed by atoms with van der Waals surface area (Å²) in [5.41, 5.74) is -0.733. The van der Waals surface area contributed by atoms with E-state index in [0.717, 1.165) is 0 Å². The van der Waals surface area contributed by atoms with Crippen LogP contribution in [0.5, 0.6) is 0 Å². The second-order valence-corrected chi connectivity index (χ2v) is 6.15. The van der Waals surface area contributed by atoms with Crippen LogP contribution < -0.4 is 10.6 Å². The topological polar surface area (TPSA) is 95.5 Å². The summed E-state index contributed by atoms with van der Waals surface area (Å²) in [6.45, 7) is 0.622. The Bertz CT molecular complexity index is 523. The molecule has 2 amide bonds. The molecule has 21 heavy (non-hydrogen) atoms. The summed E-state index contributed by atoms with van der Waals surface area (Å²) in [6.07, 6.45) is 2.06. The highest BCUT2D eigenvalue weighted by atomic mass is 32.1. The third-order valence-corrected chi connectivity index (χ3v) is 4.41. The monoisotopic (exact) mass is 310 g/mol. The number of carboxylic acid groups (broad SMARTS) is 1. The fourth-order valence-corrected chi connectivity index (χ4v) is 2.56. The number of nitrogens with one attached hydrogen (secondary N) is 2. The zero-order valence-electron chi connectivity index (χ0n) is 11.6. The molecule has 0 atom stereocenters. The van der Waals surface area contributed by atoms with Crippen molar-refractivity contribution in [3.63, 3.8) is 0 Å². The minimum absolute atomic E-state index is 0.131. The highest BCUT2D eigenvalue weighted by Gasteiger charge is 2.50. The van der Waals surface area contributed by atoms with Crippen molar-refractivity contribution in [2.24, 2.45) is 5.41 Å². The Labute approximate surface area is 126 Å². The molecule has 1 aliphatic carbocycles. The predicted molar refractivity (Wildman–Crippen MR) is 78.2 cm³/mol. The average Bonchev–Trinajstić information content (AvgIpc) is 3.06. The van der Waals surface area contributed by atoms with Gasteiger partial charge in [-0.2, -0.15) is 0 Å². The van der Waals surface area contributed by atoms with E-state index in [-0.39, 0.29) is 24.8 Å². The molecule has 6 nitrogen and oxygen atoms in total. The highest BCUT2D eigenvalue weighted by molar-refractivity contribution is 7.12. The lowest BCUT2D eigenvalue weighted by molar-refractivity contribution is -0.143. The second kappa shape index (κ2) is 6.71. The molecule has 3 N–H and O–H groups in total. The summed E-state index contributed by atoms with van der Waals surface area (Å²) < 4.78 is 0. The van der Waals surface area contributed by atoms with Crippen LogP contribution in [0.1, 0.15) is 35.4 Å². The van der Waals surface area contributed by atoms with Gasteiger partial charge in [0.2, 0.25) is 5.91 Å². The van der Waals surface area contributed by atoms with Gasteiger partial charge < -0.3 is 15.7 Å². The zero-order valence-corrected chi connectivity index (χ0v) is 12.4. The van der Waals surface area contributed by atoms with Crippen molar-refractivity contribution in [3.8, 4) is 0 Å². The first-order valence-corrected chi connectivity index (χ1v) is 7.73. The maximum atomic E-state index is 11.6. The number of carboxylic acids is 1. The Kier molecular flexibility index (Phi) is 4.95. The zero-order chi connectivity index (χ0) is 15.3. The lowest BCUT2D eigenvalue weighted by Gasteiger charge is -2.11. The summed E-state index contributed by atoms with van der Waals surface area (Å²) in [4.78, 5) is 34.8. The van der Waals surface area contributed by atoms with Crippen LogP contribution >= 0.6 is 11.3 Å². The molecule has 114 valence electrons. The van der Waals surface area contributed by atoms with Crippen LogP contribution in [-0.4, -0.2) is 36.0 Å². The molecular formula is C14H18N2O4S. The van der Waals surface area contributed by atoms with Gasteiger partial charge in [0.05, 0.1) is 10.3 Å². The number of thiophene rings is 1. The molecule has 0 saturated heterocycles. The van der Waals surface area contributed by atoms with Gasteiger partial charge in [-0.3, -0.25) is 14.4 Å². The van der Waals surface area contributed by atoms with Crippen molar-refractivity contribution in [2.75, 3.05) is 13.1 Å². The van der Waals surface area contributed by atoms with Crippen LogP contribution in [0.3, 0.4) is 0 Å². The van der Waals surface area contributed by atoms with Crippen LogP contribution in [0.15, 0.2) is 17.5 Å². The Morgan fingerprint density at radius 1 is 1.29 bits per heavy atom. The summed E-state index contributed by atoms with van der Waals surface area (Å²) in [5, 5.41) is 16.2. The summed E-state index contributed by atoms with van der Waals surface area (Å²) in [6, 6.07) is 3.55. The molecule has 0 bridgehead atoms. The first kappa shape index (κ1) is 15.5. The molecule has 1 heterocycles. The maximum absolute atomic E-state index is 11.6. The Morgan fingerprint density at radius 2 is 2.05 bits per heavy atom. The molecule has 1 saturated carbocycles. The van der Waals surface area contributed by atoms with Crippen molar-refractivity contribution in [1.29, 1.82) is 0 Å². The van der Waals surface area contributed by atoms with E-state index in [9.17, 15) is 14.4 Å². The van der Waals surface area contributed by atoms with Crippen LogP contribution in [0.2, 0.25) is 0 Å². The Balaban J connectivity index is 1.57. The van der Waals surface area contributed by atoms with Gasteiger partial charge in [-0.15, -0.1) is 11.3 Å². The van der Waals surface area contributed by atoms with Gasteiger partial charge in [0.1, 0.15) is 0 Å². The predicted octanol–water partition coefficient (Wildman–Crippen LogP) is 1.24. The van der Waals surface area contributed by atoms with Crippen LogP contribution in [0.25, 0.3) is 0 Å². The van der Waals surface area contributed by atoms with Crippen LogP contribution in [0.4, 0.5) is 0 Å². The lowest BCUT2D eigenvalue weighted by Crippen LogP contribution is -2.34. The number of aliphatic carboxylic acids is 1. The van der Waals surface area contributed by atoms with Gasteiger partial charge in [0.25, 0.3) is 5.91 Å². The SMILES string of the molecule is O=C(CCCNC(=O)c1cccs1)NCC1(C(=O)O)CC1. The molecule has 7 heteroatoms. The molecule has 1 aliphatic rings. The van der Waals surface area contributed by atoms with Gasteiger partial charge in [0.15, 0.2) is 0 Å². The van der Waals surface area contributed by atoms with Crippen molar-refractivity contribution in [1.82, 2.24) is 10.6 Å². The van der Waals surface area contributed by atoms with Gasteiger partial charge in [-0.25, -0.2) is 0 Å². The standard InChI is InChI=1S/C14H18N2O4S/c17-11(16-9-14(5-6-14)13(19)20)4-1-7-15-12(18)10-3-2-8-21-10/h2-3,8H,1,4-7,9H2,(H,15,18)(H,16,17)(H,19,20). The fraction of sp³-hybridized carbons (Fsp3) is 0.500. The van der Waals surface area contributed by atoms with Crippen LogP contribution in [0, 0.1) is 5.41 Å². The van der Waals surface area contributed by atoms with Gasteiger partial charge in [-0.1, -0.05) is 6.07 Å². The Morgan fingerprint density at radius 3 is 2.62 bits per heavy atom. The number of hydrogen-bond donors (Lipinski definition) is 3. The molecule has 0 aliphatic heterocycles. The molecule has 0 unspecified atom stereocenters. The number of carbonyl (C=O) groups is 3. The van der Waals surface area contributed by atoms with E-state index in [1.54, 1.807) is 6.07 Å². The van der Waals surface area contributed by atoms with E-state index in [4.69, 9.17) is 5.11 Å². The first-order chi connectivity index (χ1) is 10.0. The molecule has 1 aromatic heterocycles. The second-order valence-electron chi connectivity index (χ2n) is 5.20. The largest absolute Gasteiger partial charge is 0.481 e. The minimum Gasteiger partial charge on any atom is -0.481 e. The van der Waals surface area contributed by atoms with Crippen molar-refractivity contribution in [3.05, 3.63) is 22.4 Å². The molecule has 0 radical (unpaired) electrons.